The molecule has 1 aromatic carbocycles. The fourth-order valence-electron chi connectivity index (χ4n) is 2.80. The van der Waals surface area contributed by atoms with Crippen LogP contribution >= 0.6 is 11.3 Å². The normalized spacial score (nSPS) is 11.9. The number of carbonyl (C=O) groups is 2. The van der Waals surface area contributed by atoms with Crippen LogP contribution in [0.4, 0.5) is 4.39 Å². The number of methoxy groups -OCH3 is 1. The molecule has 2 amide bonds. The Morgan fingerprint density at radius 3 is 2.43 bits per heavy atom. The predicted molar refractivity (Wildman–Crippen MR) is 108 cm³/mol. The molecule has 0 unspecified atom stereocenters. The Labute approximate surface area is 169 Å². The second-order valence-corrected chi connectivity index (χ2v) is 7.70. The van der Waals surface area contributed by atoms with Gasteiger partial charge in [-0.3, -0.25) is 9.59 Å². The molecule has 1 heterocycles. The Hall–Kier alpha value is -2.25. The summed E-state index contributed by atoms with van der Waals surface area (Å²) in [5.41, 5.74) is 0.838. The van der Waals surface area contributed by atoms with Gasteiger partial charge in [-0.2, -0.15) is 0 Å². The summed E-state index contributed by atoms with van der Waals surface area (Å²) < 4.78 is 18.2. The zero-order valence-electron chi connectivity index (χ0n) is 16.6. The van der Waals surface area contributed by atoms with Crippen molar-refractivity contribution in [3.8, 4) is 0 Å². The average molecular weight is 407 g/mol. The molecule has 152 valence electrons. The number of amides is 2. The molecule has 0 bridgehead atoms. The summed E-state index contributed by atoms with van der Waals surface area (Å²) in [5.74, 6) is -0.668. The van der Waals surface area contributed by atoms with Gasteiger partial charge in [0.15, 0.2) is 0 Å². The molecule has 0 aliphatic rings. The number of rotatable bonds is 10. The molecule has 5 nitrogen and oxygen atoms in total. The van der Waals surface area contributed by atoms with Gasteiger partial charge in [0, 0.05) is 24.6 Å². The molecule has 2 aromatic rings. The molecule has 0 aliphatic carbocycles. The molecule has 0 fully saturated rings. The van der Waals surface area contributed by atoms with Gasteiger partial charge in [-0.1, -0.05) is 25.1 Å². The van der Waals surface area contributed by atoms with Crippen LogP contribution in [0.1, 0.15) is 30.7 Å². The van der Waals surface area contributed by atoms with Crippen LogP contribution in [0.2, 0.25) is 0 Å². The maximum atomic E-state index is 13.2. The summed E-state index contributed by atoms with van der Waals surface area (Å²) in [6.07, 6.45) is 0.742. The molecule has 28 heavy (non-hydrogen) atoms. The number of hydrogen-bond donors (Lipinski definition) is 0. The van der Waals surface area contributed by atoms with Crippen LogP contribution in [0.25, 0.3) is 0 Å². The lowest BCUT2D eigenvalue weighted by atomic mass is 10.2. The van der Waals surface area contributed by atoms with Crippen molar-refractivity contribution in [2.45, 2.75) is 39.4 Å². The van der Waals surface area contributed by atoms with Crippen LogP contribution in [0.3, 0.4) is 0 Å². The van der Waals surface area contributed by atoms with Gasteiger partial charge >= 0.3 is 0 Å². The van der Waals surface area contributed by atoms with E-state index in [1.807, 2.05) is 31.4 Å². The average Bonchev–Trinajstić information content (AvgIpc) is 3.19. The third-order valence-electron chi connectivity index (χ3n) is 4.58. The van der Waals surface area contributed by atoms with Crippen LogP contribution in [0.5, 0.6) is 0 Å². The predicted octanol–water partition coefficient (Wildman–Crippen LogP) is 3.69. The maximum Gasteiger partial charge on any atom is 0.249 e. The maximum absolute atomic E-state index is 13.2. The van der Waals surface area contributed by atoms with E-state index in [2.05, 4.69) is 0 Å². The Balaban J connectivity index is 2.18. The fraction of sp³-hybridized carbons (Fsp3) is 0.429. The minimum atomic E-state index is -0.312. The van der Waals surface area contributed by atoms with E-state index in [0.717, 1.165) is 16.9 Å². The highest BCUT2D eigenvalue weighted by Gasteiger charge is 2.25. The van der Waals surface area contributed by atoms with Crippen LogP contribution in [-0.4, -0.2) is 47.9 Å². The van der Waals surface area contributed by atoms with Gasteiger partial charge in [-0.15, -0.1) is 11.3 Å². The van der Waals surface area contributed by atoms with E-state index in [0.29, 0.717) is 13.1 Å². The number of halogens is 1. The molecule has 0 radical (unpaired) electrons. The lowest BCUT2D eigenvalue weighted by Crippen LogP contribution is -2.47. The molecular formula is C21H27FN2O3S. The minimum absolute atomic E-state index is 0.0101. The quantitative estimate of drug-likeness (QED) is 0.605. The molecule has 0 saturated heterocycles. The van der Waals surface area contributed by atoms with Crippen molar-refractivity contribution < 1.29 is 18.7 Å². The van der Waals surface area contributed by atoms with E-state index in [1.165, 1.54) is 19.2 Å². The first-order valence-corrected chi connectivity index (χ1v) is 10.2. The molecule has 1 atom stereocenters. The van der Waals surface area contributed by atoms with Gasteiger partial charge in [0.25, 0.3) is 0 Å². The largest absolute Gasteiger partial charge is 0.375 e. The molecule has 2 rings (SSSR count). The molecule has 0 N–H and O–H groups in total. The summed E-state index contributed by atoms with van der Waals surface area (Å²) in [5, 5.41) is 1.96. The summed E-state index contributed by atoms with van der Waals surface area (Å²) in [7, 11) is 1.46. The lowest BCUT2D eigenvalue weighted by molar-refractivity contribution is -0.145. The van der Waals surface area contributed by atoms with E-state index >= 15 is 0 Å². The second-order valence-electron chi connectivity index (χ2n) is 6.67. The number of hydrogen-bond acceptors (Lipinski definition) is 4. The highest BCUT2D eigenvalue weighted by atomic mass is 32.1. The summed E-state index contributed by atoms with van der Waals surface area (Å²) in [4.78, 5) is 29.8. The van der Waals surface area contributed by atoms with Crippen molar-refractivity contribution in [3.63, 3.8) is 0 Å². The highest BCUT2D eigenvalue weighted by molar-refractivity contribution is 7.09. The topological polar surface area (TPSA) is 49.9 Å². The van der Waals surface area contributed by atoms with Crippen molar-refractivity contribution in [2.75, 3.05) is 20.3 Å². The van der Waals surface area contributed by atoms with Gasteiger partial charge in [-0.05, 0) is 42.5 Å². The second kappa shape index (κ2) is 10.9. The van der Waals surface area contributed by atoms with E-state index in [1.54, 1.807) is 33.3 Å². The van der Waals surface area contributed by atoms with Crippen molar-refractivity contribution >= 4 is 23.2 Å². The third kappa shape index (κ3) is 6.42. The number of ether oxygens (including phenoxy) is 1. The number of benzene rings is 1. The molecular weight excluding hydrogens is 379 g/mol. The summed E-state index contributed by atoms with van der Waals surface area (Å²) in [6, 6.07) is 9.96. The molecule has 7 heteroatoms. The molecule has 1 aromatic heterocycles. The van der Waals surface area contributed by atoms with Crippen molar-refractivity contribution in [2.24, 2.45) is 0 Å². The van der Waals surface area contributed by atoms with Gasteiger partial charge in [-0.25, -0.2) is 4.39 Å². The molecule has 0 spiro atoms. The van der Waals surface area contributed by atoms with Crippen LogP contribution in [0, 0.1) is 5.82 Å². The van der Waals surface area contributed by atoms with E-state index in [4.69, 9.17) is 4.74 Å². The highest BCUT2D eigenvalue weighted by Crippen LogP contribution is 2.16. The Kier molecular flexibility index (Phi) is 8.60. The van der Waals surface area contributed by atoms with Gasteiger partial charge in [0.05, 0.1) is 6.54 Å². The van der Waals surface area contributed by atoms with Gasteiger partial charge in [0.2, 0.25) is 11.8 Å². The van der Waals surface area contributed by atoms with Crippen molar-refractivity contribution in [1.29, 1.82) is 0 Å². The van der Waals surface area contributed by atoms with E-state index < -0.39 is 0 Å². The standard InChI is InChI=1S/C21H27FN2O3S/c1-4-16(2)24(21(26)15-27-3)14-20(25)23(13-19-6-5-11-28-19)12-17-7-9-18(22)10-8-17/h5-11,16H,4,12-15H2,1-3H3/t16-/m1/s1. The van der Waals surface area contributed by atoms with Crippen LogP contribution in [0.15, 0.2) is 41.8 Å². The zero-order valence-corrected chi connectivity index (χ0v) is 17.4. The smallest absolute Gasteiger partial charge is 0.249 e. The number of nitrogens with zero attached hydrogens (tertiary/aromatic N) is 2. The van der Waals surface area contributed by atoms with E-state index in [9.17, 15) is 14.0 Å². The van der Waals surface area contributed by atoms with Crippen LogP contribution in [-0.2, 0) is 27.4 Å². The Morgan fingerprint density at radius 2 is 1.86 bits per heavy atom. The summed E-state index contributed by atoms with van der Waals surface area (Å²) >= 11 is 1.57. The monoisotopic (exact) mass is 406 g/mol. The van der Waals surface area contributed by atoms with E-state index in [-0.39, 0.29) is 36.8 Å². The van der Waals surface area contributed by atoms with Crippen LogP contribution < -0.4 is 0 Å². The first-order chi connectivity index (χ1) is 13.4. The Morgan fingerprint density at radius 1 is 1.14 bits per heavy atom. The minimum Gasteiger partial charge on any atom is -0.375 e. The van der Waals surface area contributed by atoms with Crippen molar-refractivity contribution in [3.05, 3.63) is 58.0 Å². The first-order valence-electron chi connectivity index (χ1n) is 9.27. The zero-order chi connectivity index (χ0) is 20.5. The number of carbonyl (C=O) groups excluding carboxylic acids is 2. The lowest BCUT2D eigenvalue weighted by Gasteiger charge is -2.31. The van der Waals surface area contributed by atoms with Gasteiger partial charge < -0.3 is 14.5 Å². The fourth-order valence-corrected chi connectivity index (χ4v) is 3.51. The molecule has 0 aliphatic heterocycles. The number of thiophene rings is 1. The van der Waals surface area contributed by atoms with Crippen molar-refractivity contribution in [1.82, 2.24) is 9.80 Å². The first kappa shape index (κ1) is 22.0. The Bertz CT molecular complexity index is 750. The van der Waals surface area contributed by atoms with Gasteiger partial charge in [0.1, 0.15) is 19.0 Å². The molecule has 0 saturated carbocycles. The SMILES string of the molecule is CC[C@@H](C)N(CC(=O)N(Cc1ccc(F)cc1)Cc1cccs1)C(=O)COC. The third-order valence-corrected chi connectivity index (χ3v) is 5.44. The summed E-state index contributed by atoms with van der Waals surface area (Å²) in [6.45, 7) is 4.63.